The second kappa shape index (κ2) is 68.5. The van der Waals surface area contributed by atoms with Crippen molar-refractivity contribution in [3.05, 3.63) is 72.9 Å². The van der Waals surface area contributed by atoms with Gasteiger partial charge in [-0.15, -0.1) is 0 Å². The van der Waals surface area contributed by atoms with Crippen molar-refractivity contribution in [2.45, 2.75) is 416 Å². The minimum atomic E-state index is -1.57. The Labute approximate surface area is 550 Å². The van der Waals surface area contributed by atoms with Gasteiger partial charge < -0.3 is 40.3 Å². The fourth-order valence-corrected chi connectivity index (χ4v) is 12.3. The summed E-state index contributed by atoms with van der Waals surface area (Å²) in [6, 6.07) is -0.808. The van der Waals surface area contributed by atoms with Crippen LogP contribution in [0.25, 0.3) is 0 Å². The van der Waals surface area contributed by atoms with Crippen molar-refractivity contribution in [3.8, 4) is 0 Å². The molecule has 1 aliphatic rings. The Morgan fingerprint density at radius 2 is 0.697 bits per heavy atom. The maximum atomic E-state index is 13.2. The van der Waals surface area contributed by atoms with Crippen LogP contribution in [0.1, 0.15) is 373 Å². The summed E-state index contributed by atoms with van der Waals surface area (Å²) < 4.78 is 11.3. The van der Waals surface area contributed by atoms with Gasteiger partial charge in [0.05, 0.1) is 25.4 Å². The van der Waals surface area contributed by atoms with Gasteiger partial charge in [0.1, 0.15) is 24.4 Å². The first-order valence-corrected chi connectivity index (χ1v) is 38.7. The normalized spacial score (nSPS) is 18.2. The standard InChI is InChI=1S/C80H147NO8/c1-3-5-7-9-11-13-15-17-19-21-23-25-27-29-31-33-34-35-36-37-38-39-40-42-44-46-48-50-52-54-56-58-60-62-64-66-68-70-76(84)81-73(72-88-80-79(87)78(86)77(85)75(71-82)89-80)74(83)69-67-65-63-61-59-57-55-53-51-49-47-45-43-41-32-30-28-26-24-22-20-18-16-14-12-10-8-6-4-2/h5,7,11,13,17,19,23,25,29,31,67,69,73-75,77-80,82-83,85-87H,3-4,6,8-10,12,14-16,18,20-22,24,26-28,30,32-66,68,70-72H2,1-2H3,(H,81,84)/b7-5-,13-11-,19-17-,25-23-,31-29-,69-67+. The molecule has 0 aromatic carbocycles. The van der Waals surface area contributed by atoms with E-state index in [-0.39, 0.29) is 12.5 Å². The SMILES string of the molecule is CC/C=C\C/C=C\C/C=C\C/C=C\C/C=C\CCCCCCCCCCCCCCCCCCCCCCCC(=O)NC(COC1OC(CO)C(O)C(O)C1O)C(O)/C=C/CCCCCCCCCCCCCCCCCCCCCCCCCCCCC. The number of unbranched alkanes of at least 4 members (excludes halogenated alkanes) is 48. The van der Waals surface area contributed by atoms with E-state index >= 15 is 0 Å². The van der Waals surface area contributed by atoms with Crippen LogP contribution >= 0.6 is 0 Å². The molecule has 1 amide bonds. The van der Waals surface area contributed by atoms with Crippen molar-refractivity contribution in [2.75, 3.05) is 13.2 Å². The molecule has 89 heavy (non-hydrogen) atoms. The fraction of sp³-hybridized carbons (Fsp3) is 0.838. The molecule has 1 saturated heterocycles. The third kappa shape index (κ3) is 56.9. The average Bonchev–Trinajstić information content (AvgIpc) is 2.28. The third-order valence-corrected chi connectivity index (χ3v) is 18.3. The van der Waals surface area contributed by atoms with Gasteiger partial charge >= 0.3 is 0 Å². The topological polar surface area (TPSA) is 149 Å². The van der Waals surface area contributed by atoms with E-state index in [1.807, 2.05) is 6.08 Å². The fourth-order valence-electron chi connectivity index (χ4n) is 12.3. The lowest BCUT2D eigenvalue weighted by Gasteiger charge is -2.40. The average molecular weight is 1250 g/mol. The van der Waals surface area contributed by atoms with Crippen molar-refractivity contribution in [1.82, 2.24) is 5.32 Å². The van der Waals surface area contributed by atoms with Crippen LogP contribution in [0.15, 0.2) is 72.9 Å². The summed E-state index contributed by atoms with van der Waals surface area (Å²) in [6.07, 6.45) is 90.4. The highest BCUT2D eigenvalue weighted by molar-refractivity contribution is 5.76. The summed E-state index contributed by atoms with van der Waals surface area (Å²) in [7, 11) is 0. The van der Waals surface area contributed by atoms with Gasteiger partial charge in [-0.25, -0.2) is 0 Å². The smallest absolute Gasteiger partial charge is 0.220 e. The number of aliphatic hydroxyl groups excluding tert-OH is 5. The molecule has 9 nitrogen and oxygen atoms in total. The minimum Gasteiger partial charge on any atom is -0.394 e. The van der Waals surface area contributed by atoms with E-state index in [4.69, 9.17) is 9.47 Å². The molecule has 7 unspecified atom stereocenters. The third-order valence-electron chi connectivity index (χ3n) is 18.3. The summed E-state index contributed by atoms with van der Waals surface area (Å²) in [6.45, 7) is 3.72. The van der Waals surface area contributed by atoms with Gasteiger partial charge in [0, 0.05) is 6.42 Å². The summed E-state index contributed by atoms with van der Waals surface area (Å²) in [5.74, 6) is -0.170. The molecule has 1 rings (SSSR count). The van der Waals surface area contributed by atoms with Gasteiger partial charge in [0.2, 0.25) is 5.91 Å². The first-order chi connectivity index (χ1) is 43.8. The lowest BCUT2D eigenvalue weighted by molar-refractivity contribution is -0.302. The largest absolute Gasteiger partial charge is 0.394 e. The molecule has 1 heterocycles. The molecule has 0 aliphatic carbocycles. The summed E-state index contributed by atoms with van der Waals surface area (Å²) in [5, 5.41) is 54.9. The number of carbonyl (C=O) groups is 1. The predicted octanol–water partition coefficient (Wildman–Crippen LogP) is 21.9. The van der Waals surface area contributed by atoms with Crippen LogP contribution < -0.4 is 5.32 Å². The van der Waals surface area contributed by atoms with Crippen LogP contribution in [0.3, 0.4) is 0 Å². The second-order valence-corrected chi connectivity index (χ2v) is 26.8. The molecule has 7 atom stereocenters. The van der Waals surface area contributed by atoms with E-state index < -0.39 is 49.5 Å². The van der Waals surface area contributed by atoms with Crippen LogP contribution in [0.4, 0.5) is 0 Å². The van der Waals surface area contributed by atoms with Gasteiger partial charge in [-0.3, -0.25) is 4.79 Å². The quantitative estimate of drug-likeness (QED) is 0.0261. The van der Waals surface area contributed by atoms with Gasteiger partial charge in [0.25, 0.3) is 0 Å². The number of nitrogens with one attached hydrogen (secondary N) is 1. The van der Waals surface area contributed by atoms with E-state index in [9.17, 15) is 30.3 Å². The molecule has 1 fully saturated rings. The lowest BCUT2D eigenvalue weighted by Crippen LogP contribution is -2.60. The zero-order valence-electron chi connectivity index (χ0n) is 58.4. The van der Waals surface area contributed by atoms with Crippen LogP contribution in [-0.2, 0) is 14.3 Å². The highest BCUT2D eigenvalue weighted by atomic mass is 16.7. The highest BCUT2D eigenvalue weighted by Crippen LogP contribution is 2.24. The van der Waals surface area contributed by atoms with Crippen LogP contribution in [0.5, 0.6) is 0 Å². The van der Waals surface area contributed by atoms with Gasteiger partial charge in [0.15, 0.2) is 6.29 Å². The molecular weight excluding hydrogens is 1100 g/mol. The Kier molecular flexibility index (Phi) is 65.1. The molecule has 0 bridgehead atoms. The molecule has 0 radical (unpaired) electrons. The van der Waals surface area contributed by atoms with Crippen molar-refractivity contribution in [1.29, 1.82) is 0 Å². The zero-order valence-corrected chi connectivity index (χ0v) is 58.4. The number of hydrogen-bond donors (Lipinski definition) is 6. The van der Waals surface area contributed by atoms with Crippen molar-refractivity contribution in [2.24, 2.45) is 0 Å². The van der Waals surface area contributed by atoms with Gasteiger partial charge in [-0.1, -0.05) is 376 Å². The van der Waals surface area contributed by atoms with Crippen LogP contribution in [0.2, 0.25) is 0 Å². The van der Waals surface area contributed by atoms with Crippen LogP contribution in [-0.4, -0.2) is 87.5 Å². The molecule has 0 aromatic rings. The number of carbonyl (C=O) groups excluding carboxylic acids is 1. The lowest BCUT2D eigenvalue weighted by atomic mass is 9.99. The Bertz CT molecular complexity index is 1640. The van der Waals surface area contributed by atoms with E-state index in [1.165, 1.54) is 283 Å². The van der Waals surface area contributed by atoms with Gasteiger partial charge in [-0.05, 0) is 64.2 Å². The molecular formula is C80H147NO8. The minimum absolute atomic E-state index is 0.170. The first kappa shape index (κ1) is 84.6. The zero-order chi connectivity index (χ0) is 64.2. The van der Waals surface area contributed by atoms with E-state index in [1.54, 1.807) is 6.08 Å². The Balaban J connectivity index is 2.08. The Hall–Kier alpha value is -2.37. The summed E-state index contributed by atoms with van der Waals surface area (Å²) in [5.41, 5.74) is 0. The van der Waals surface area contributed by atoms with Crippen molar-refractivity contribution in [3.63, 3.8) is 0 Å². The number of amides is 1. The maximum Gasteiger partial charge on any atom is 0.220 e. The Morgan fingerprint density at radius 1 is 0.393 bits per heavy atom. The number of rotatable bonds is 68. The van der Waals surface area contributed by atoms with Crippen molar-refractivity contribution >= 4 is 5.91 Å². The maximum absolute atomic E-state index is 13.2. The predicted molar refractivity (Wildman–Crippen MR) is 382 cm³/mol. The number of hydrogen-bond acceptors (Lipinski definition) is 8. The van der Waals surface area contributed by atoms with Crippen molar-refractivity contribution < 1.29 is 39.8 Å². The molecule has 0 aromatic heterocycles. The van der Waals surface area contributed by atoms with E-state index in [0.29, 0.717) is 6.42 Å². The highest BCUT2D eigenvalue weighted by Gasteiger charge is 2.44. The summed E-state index contributed by atoms with van der Waals surface area (Å²) in [4.78, 5) is 13.2. The molecule has 0 spiro atoms. The van der Waals surface area contributed by atoms with Crippen LogP contribution in [0, 0.1) is 0 Å². The van der Waals surface area contributed by atoms with E-state index in [0.717, 1.165) is 70.6 Å². The van der Waals surface area contributed by atoms with E-state index in [2.05, 4.69) is 79.9 Å². The first-order valence-electron chi connectivity index (χ1n) is 38.7. The Morgan fingerprint density at radius 3 is 1.03 bits per heavy atom. The molecule has 0 saturated carbocycles. The summed E-state index contributed by atoms with van der Waals surface area (Å²) >= 11 is 0. The number of allylic oxidation sites excluding steroid dienone is 11. The molecule has 1 aliphatic heterocycles. The number of aliphatic hydroxyl groups is 5. The second-order valence-electron chi connectivity index (χ2n) is 26.8. The molecule has 520 valence electrons. The monoisotopic (exact) mass is 1250 g/mol. The van der Waals surface area contributed by atoms with Gasteiger partial charge in [-0.2, -0.15) is 0 Å². The molecule has 9 heteroatoms. The molecule has 6 N–H and O–H groups in total. The number of ether oxygens (including phenoxy) is 2.